The molecule has 0 fully saturated rings. The zero-order valence-electron chi connectivity index (χ0n) is 11.6. The molecular formula is C15H12N2O5. The minimum atomic E-state index is -0.739. The van der Waals surface area contributed by atoms with Crippen LogP contribution in [0.4, 0.5) is 0 Å². The van der Waals surface area contributed by atoms with Gasteiger partial charge in [-0.15, -0.1) is 0 Å². The van der Waals surface area contributed by atoms with E-state index in [1.807, 2.05) is 0 Å². The number of aromatic nitrogens is 1. The van der Waals surface area contributed by atoms with E-state index in [-0.39, 0.29) is 11.2 Å². The molecule has 0 spiro atoms. The summed E-state index contributed by atoms with van der Waals surface area (Å²) in [5.41, 5.74) is 6.16. The summed E-state index contributed by atoms with van der Waals surface area (Å²) in [5, 5.41) is 4.06. The molecule has 7 heteroatoms. The van der Waals surface area contributed by atoms with Crippen LogP contribution in [-0.2, 0) is 4.79 Å². The maximum absolute atomic E-state index is 12.4. The lowest BCUT2D eigenvalue weighted by Gasteiger charge is -2.07. The van der Waals surface area contributed by atoms with Crippen molar-refractivity contribution in [2.75, 3.05) is 0 Å². The normalized spacial score (nSPS) is 12.3. The summed E-state index contributed by atoms with van der Waals surface area (Å²) in [5.74, 6) is -0.312. The second-order valence-electron chi connectivity index (χ2n) is 4.73. The van der Waals surface area contributed by atoms with Crippen LogP contribution in [0.15, 0.2) is 50.5 Å². The van der Waals surface area contributed by atoms with Crippen LogP contribution in [0, 0.1) is 0 Å². The van der Waals surface area contributed by atoms with Gasteiger partial charge in [-0.2, -0.15) is 0 Å². The first kappa shape index (κ1) is 14.0. The third-order valence-corrected chi connectivity index (χ3v) is 3.05. The van der Waals surface area contributed by atoms with Crippen molar-refractivity contribution in [3.05, 3.63) is 47.0 Å². The predicted molar refractivity (Wildman–Crippen MR) is 77.3 cm³/mol. The Hall–Kier alpha value is -2.93. The zero-order chi connectivity index (χ0) is 15.7. The Balaban J connectivity index is 2.03. The number of nitrogens with zero attached hydrogens (tertiary/aromatic N) is 1. The number of hydrogen-bond donors (Lipinski definition) is 1. The zero-order valence-corrected chi connectivity index (χ0v) is 11.6. The van der Waals surface area contributed by atoms with Crippen LogP contribution in [0.5, 0.6) is 5.75 Å². The molecule has 0 aliphatic rings. The molecule has 0 aliphatic carbocycles. The molecule has 1 aromatic carbocycles. The van der Waals surface area contributed by atoms with Crippen molar-refractivity contribution in [2.45, 2.75) is 13.0 Å². The Labute approximate surface area is 124 Å². The van der Waals surface area contributed by atoms with Crippen molar-refractivity contribution >= 4 is 16.9 Å². The molecule has 0 bridgehead atoms. The molecule has 1 unspecified atom stereocenters. The predicted octanol–water partition coefficient (Wildman–Crippen LogP) is 1.70. The number of benzene rings is 1. The van der Waals surface area contributed by atoms with E-state index in [2.05, 4.69) is 5.16 Å². The molecule has 0 aliphatic heterocycles. The van der Waals surface area contributed by atoms with Crippen molar-refractivity contribution in [1.29, 1.82) is 0 Å². The van der Waals surface area contributed by atoms with Crippen LogP contribution in [0.3, 0.4) is 0 Å². The van der Waals surface area contributed by atoms with Crippen LogP contribution in [0.25, 0.3) is 22.2 Å². The van der Waals surface area contributed by atoms with Gasteiger partial charge in [-0.1, -0.05) is 5.16 Å². The summed E-state index contributed by atoms with van der Waals surface area (Å²) in [6.45, 7) is 1.52. The van der Waals surface area contributed by atoms with E-state index < -0.39 is 12.0 Å². The number of carbonyl (C=O) groups is 1. The van der Waals surface area contributed by atoms with Crippen LogP contribution in [-0.4, -0.2) is 17.2 Å². The minimum absolute atomic E-state index is 0.250. The molecule has 3 aromatic rings. The molecule has 7 nitrogen and oxygen atoms in total. The van der Waals surface area contributed by atoms with Gasteiger partial charge in [-0.05, 0) is 19.1 Å². The van der Waals surface area contributed by atoms with Gasteiger partial charge < -0.3 is 19.4 Å². The Morgan fingerprint density at radius 1 is 1.36 bits per heavy atom. The standard InChI is InChI=1S/C15H12N2O5/c1-8(16)15(19)22-9-2-3-10-13(6-9)20-7-11(14(10)18)12-4-5-21-17-12/h2-8H,16H2,1H3. The van der Waals surface area contributed by atoms with E-state index in [1.165, 1.54) is 37.6 Å². The number of esters is 1. The highest BCUT2D eigenvalue weighted by molar-refractivity contribution is 5.83. The molecule has 2 heterocycles. The van der Waals surface area contributed by atoms with Crippen LogP contribution >= 0.6 is 0 Å². The summed E-state index contributed by atoms with van der Waals surface area (Å²) in [7, 11) is 0. The average Bonchev–Trinajstić information content (AvgIpc) is 3.01. The van der Waals surface area contributed by atoms with Gasteiger partial charge in [0.2, 0.25) is 5.43 Å². The topological polar surface area (TPSA) is 109 Å². The van der Waals surface area contributed by atoms with Crippen LogP contribution in [0.2, 0.25) is 0 Å². The monoisotopic (exact) mass is 300 g/mol. The van der Waals surface area contributed by atoms with E-state index in [9.17, 15) is 9.59 Å². The quantitative estimate of drug-likeness (QED) is 0.579. The minimum Gasteiger partial charge on any atom is -0.463 e. The van der Waals surface area contributed by atoms with Gasteiger partial charge in [0.25, 0.3) is 0 Å². The average molecular weight is 300 g/mol. The lowest BCUT2D eigenvalue weighted by molar-refractivity contribution is -0.135. The summed E-state index contributed by atoms with van der Waals surface area (Å²) in [6, 6.07) is 5.32. The number of hydrogen-bond acceptors (Lipinski definition) is 7. The van der Waals surface area contributed by atoms with Gasteiger partial charge in [-0.3, -0.25) is 4.79 Å². The lowest BCUT2D eigenvalue weighted by Crippen LogP contribution is -2.30. The van der Waals surface area contributed by atoms with Crippen molar-refractivity contribution in [2.24, 2.45) is 5.73 Å². The largest absolute Gasteiger partial charge is 0.463 e. The summed E-state index contributed by atoms with van der Waals surface area (Å²) in [4.78, 5) is 23.9. The fraction of sp³-hybridized carbons (Fsp3) is 0.133. The Morgan fingerprint density at radius 3 is 2.86 bits per heavy atom. The summed E-state index contributed by atoms with van der Waals surface area (Å²) < 4.78 is 15.2. The van der Waals surface area contributed by atoms with Gasteiger partial charge >= 0.3 is 5.97 Å². The fourth-order valence-corrected chi connectivity index (χ4v) is 1.91. The summed E-state index contributed by atoms with van der Waals surface area (Å²) >= 11 is 0. The molecule has 22 heavy (non-hydrogen) atoms. The molecule has 3 rings (SSSR count). The van der Waals surface area contributed by atoms with E-state index in [4.69, 9.17) is 19.4 Å². The van der Waals surface area contributed by atoms with Gasteiger partial charge in [0.15, 0.2) is 0 Å². The highest BCUT2D eigenvalue weighted by atomic mass is 16.5. The molecule has 0 saturated heterocycles. The molecule has 0 radical (unpaired) electrons. The summed E-state index contributed by atoms with van der Waals surface area (Å²) in [6.07, 6.45) is 2.66. The molecule has 1 atom stereocenters. The first-order valence-electron chi connectivity index (χ1n) is 6.50. The highest BCUT2D eigenvalue weighted by Crippen LogP contribution is 2.22. The van der Waals surface area contributed by atoms with Crippen LogP contribution in [0.1, 0.15) is 6.92 Å². The lowest BCUT2D eigenvalue weighted by atomic mass is 10.1. The maximum atomic E-state index is 12.4. The van der Waals surface area contributed by atoms with E-state index in [0.29, 0.717) is 22.2 Å². The number of rotatable bonds is 3. The maximum Gasteiger partial charge on any atom is 0.328 e. The van der Waals surface area contributed by atoms with Crippen molar-refractivity contribution in [1.82, 2.24) is 5.16 Å². The third kappa shape index (κ3) is 2.49. The molecule has 2 N–H and O–H groups in total. The first-order chi connectivity index (χ1) is 10.6. The van der Waals surface area contributed by atoms with Gasteiger partial charge in [0.1, 0.15) is 35.6 Å². The third-order valence-electron chi connectivity index (χ3n) is 3.05. The molecule has 0 amide bonds. The van der Waals surface area contributed by atoms with E-state index in [0.717, 1.165) is 0 Å². The molecule has 0 saturated carbocycles. The van der Waals surface area contributed by atoms with Crippen LogP contribution < -0.4 is 15.9 Å². The van der Waals surface area contributed by atoms with E-state index >= 15 is 0 Å². The second kappa shape index (κ2) is 5.45. The number of carbonyl (C=O) groups excluding carboxylic acids is 1. The second-order valence-corrected chi connectivity index (χ2v) is 4.73. The Morgan fingerprint density at radius 2 is 2.18 bits per heavy atom. The highest BCUT2D eigenvalue weighted by Gasteiger charge is 2.14. The number of ether oxygens (including phenoxy) is 1. The number of nitrogens with two attached hydrogens (primary N) is 1. The van der Waals surface area contributed by atoms with Gasteiger partial charge in [-0.25, -0.2) is 4.79 Å². The molecule has 112 valence electrons. The number of fused-ring (bicyclic) bond motifs is 1. The van der Waals surface area contributed by atoms with Gasteiger partial charge in [0, 0.05) is 12.1 Å². The Kier molecular flexibility index (Phi) is 3.48. The van der Waals surface area contributed by atoms with Crippen molar-refractivity contribution < 1.29 is 18.5 Å². The molecule has 2 aromatic heterocycles. The fourth-order valence-electron chi connectivity index (χ4n) is 1.91. The molecular weight excluding hydrogens is 288 g/mol. The smallest absolute Gasteiger partial charge is 0.328 e. The Bertz CT molecular complexity index is 881. The first-order valence-corrected chi connectivity index (χ1v) is 6.50. The SMILES string of the molecule is CC(N)C(=O)Oc1ccc2c(=O)c(-c3ccon3)coc2c1. The van der Waals surface area contributed by atoms with E-state index in [1.54, 1.807) is 6.07 Å². The van der Waals surface area contributed by atoms with Crippen molar-refractivity contribution in [3.8, 4) is 17.0 Å². The van der Waals surface area contributed by atoms with Crippen molar-refractivity contribution in [3.63, 3.8) is 0 Å². The van der Waals surface area contributed by atoms with Gasteiger partial charge in [0.05, 0.1) is 10.9 Å².